The van der Waals surface area contributed by atoms with Crippen LogP contribution in [0.1, 0.15) is 33.6 Å². The first-order chi connectivity index (χ1) is 15.6. The van der Waals surface area contributed by atoms with E-state index in [4.69, 9.17) is 0 Å². The molecule has 0 bridgehead atoms. The van der Waals surface area contributed by atoms with Crippen molar-refractivity contribution in [3.05, 3.63) is 101 Å². The lowest BCUT2D eigenvalue weighted by Crippen LogP contribution is -2.34. The number of hydrogen-bond acceptors (Lipinski definition) is 4. The molecule has 0 saturated carbocycles. The summed E-state index contributed by atoms with van der Waals surface area (Å²) in [4.78, 5) is 16.3. The van der Waals surface area contributed by atoms with Crippen molar-refractivity contribution in [3.63, 3.8) is 0 Å². The lowest BCUT2D eigenvalue weighted by atomic mass is 10.1. The molecule has 0 unspecified atom stereocenters. The Morgan fingerprint density at radius 2 is 1.56 bits per heavy atom. The van der Waals surface area contributed by atoms with Gasteiger partial charge in [-0.3, -0.25) is 4.68 Å². The van der Waals surface area contributed by atoms with Crippen molar-refractivity contribution in [2.45, 2.75) is 40.0 Å². The number of hydrogen-bond donors (Lipinski definition) is 2. The maximum Gasteiger partial charge on any atom is 0.315 e. The number of aryl methyl sites for hydroxylation is 1. The molecule has 2 N–H and O–H groups in total. The van der Waals surface area contributed by atoms with Gasteiger partial charge >= 0.3 is 6.03 Å². The molecule has 32 heavy (non-hydrogen) atoms. The second-order valence-electron chi connectivity index (χ2n) is 7.74. The zero-order valence-corrected chi connectivity index (χ0v) is 18.3. The monoisotopic (exact) mass is 429 g/mol. The third kappa shape index (κ3) is 5.40. The number of carbonyl (C=O) groups is 1. The minimum absolute atomic E-state index is 0.202. The summed E-state index contributed by atoms with van der Waals surface area (Å²) in [5.41, 5.74) is 6.40. The van der Waals surface area contributed by atoms with Crippen LogP contribution in [0.15, 0.2) is 67.3 Å². The van der Waals surface area contributed by atoms with Crippen molar-refractivity contribution in [2.75, 3.05) is 0 Å². The van der Waals surface area contributed by atoms with Gasteiger partial charge in [-0.15, -0.1) is 0 Å². The lowest BCUT2D eigenvalue weighted by molar-refractivity contribution is 0.240. The summed E-state index contributed by atoms with van der Waals surface area (Å²) in [5, 5.41) is 14.6. The average molecular weight is 430 g/mol. The third-order valence-corrected chi connectivity index (χ3v) is 5.42. The molecule has 0 fully saturated rings. The zero-order chi connectivity index (χ0) is 22.3. The maximum atomic E-state index is 12.3. The minimum Gasteiger partial charge on any atom is -0.334 e. The summed E-state index contributed by atoms with van der Waals surface area (Å²) in [5.74, 6) is 0. The van der Waals surface area contributed by atoms with Crippen molar-refractivity contribution in [3.8, 4) is 0 Å². The van der Waals surface area contributed by atoms with Gasteiger partial charge in [0.15, 0.2) is 0 Å². The molecule has 8 heteroatoms. The summed E-state index contributed by atoms with van der Waals surface area (Å²) in [7, 11) is 0. The van der Waals surface area contributed by atoms with Crippen molar-refractivity contribution in [2.24, 2.45) is 0 Å². The summed E-state index contributed by atoms with van der Waals surface area (Å²) < 4.78 is 3.76. The quantitative estimate of drug-likeness (QED) is 0.450. The number of nitrogens with zero attached hydrogens (tertiary/aromatic N) is 5. The molecule has 2 aromatic carbocycles. The Morgan fingerprint density at radius 3 is 2.28 bits per heavy atom. The Bertz CT molecular complexity index is 1150. The molecule has 8 nitrogen and oxygen atoms in total. The van der Waals surface area contributed by atoms with Gasteiger partial charge in [-0.05, 0) is 30.5 Å². The highest BCUT2D eigenvalue weighted by Gasteiger charge is 2.13. The molecule has 2 aromatic heterocycles. The van der Waals surface area contributed by atoms with Crippen LogP contribution in [0.5, 0.6) is 0 Å². The minimum atomic E-state index is -0.202. The van der Waals surface area contributed by atoms with Gasteiger partial charge in [0, 0.05) is 24.3 Å². The van der Waals surface area contributed by atoms with Crippen LogP contribution in [0.4, 0.5) is 4.79 Å². The van der Waals surface area contributed by atoms with Crippen LogP contribution < -0.4 is 10.6 Å². The van der Waals surface area contributed by atoms with Crippen molar-refractivity contribution in [1.29, 1.82) is 0 Å². The molecule has 164 valence electrons. The lowest BCUT2D eigenvalue weighted by Gasteiger charge is -2.09. The molecule has 0 saturated heterocycles. The molecule has 4 rings (SSSR count). The van der Waals surface area contributed by atoms with Gasteiger partial charge in [0.2, 0.25) is 0 Å². The first kappa shape index (κ1) is 21.3. The van der Waals surface area contributed by atoms with Crippen LogP contribution in [-0.4, -0.2) is 30.6 Å². The van der Waals surface area contributed by atoms with E-state index in [0.29, 0.717) is 26.2 Å². The van der Waals surface area contributed by atoms with Gasteiger partial charge in [0.1, 0.15) is 12.7 Å². The fourth-order valence-electron chi connectivity index (χ4n) is 3.58. The fourth-order valence-corrected chi connectivity index (χ4v) is 3.58. The van der Waals surface area contributed by atoms with Crippen molar-refractivity contribution in [1.82, 2.24) is 35.2 Å². The van der Waals surface area contributed by atoms with E-state index < -0.39 is 0 Å². The molecule has 4 aromatic rings. The molecule has 2 amide bonds. The van der Waals surface area contributed by atoms with E-state index in [1.54, 1.807) is 11.0 Å². The summed E-state index contributed by atoms with van der Waals surface area (Å²) in [6.45, 7) is 6.30. The molecule has 2 heterocycles. The standard InChI is InChI=1S/C24H27N7O/c1-18-23(19(2)31(29-18)15-21-6-4-3-5-7-21)13-27-24(32)26-12-20-8-10-22(11-9-20)14-30-17-25-16-28-30/h3-11,16-17H,12-15H2,1-2H3,(H2,26,27,32). The Balaban J connectivity index is 1.27. The smallest absolute Gasteiger partial charge is 0.315 e. The maximum absolute atomic E-state index is 12.3. The second kappa shape index (κ2) is 9.91. The van der Waals surface area contributed by atoms with Gasteiger partial charge in [-0.25, -0.2) is 14.5 Å². The van der Waals surface area contributed by atoms with Crippen LogP contribution in [-0.2, 0) is 26.2 Å². The fraction of sp³-hybridized carbons (Fsp3) is 0.250. The highest BCUT2D eigenvalue weighted by atomic mass is 16.2. The zero-order valence-electron chi connectivity index (χ0n) is 18.3. The largest absolute Gasteiger partial charge is 0.334 e. The van der Waals surface area contributed by atoms with E-state index in [2.05, 4.69) is 37.9 Å². The van der Waals surface area contributed by atoms with Crippen LogP contribution in [0.25, 0.3) is 0 Å². The van der Waals surface area contributed by atoms with Gasteiger partial charge in [0.25, 0.3) is 0 Å². The molecule has 0 aliphatic rings. The first-order valence-electron chi connectivity index (χ1n) is 10.6. The predicted molar refractivity (Wildman–Crippen MR) is 122 cm³/mol. The summed E-state index contributed by atoms with van der Waals surface area (Å²) >= 11 is 0. The molecular formula is C24H27N7O. The second-order valence-corrected chi connectivity index (χ2v) is 7.74. The van der Waals surface area contributed by atoms with Crippen LogP contribution >= 0.6 is 0 Å². The number of rotatable bonds is 8. The Hall–Kier alpha value is -3.94. The van der Waals surface area contributed by atoms with E-state index in [1.165, 1.54) is 11.9 Å². The van der Waals surface area contributed by atoms with Crippen LogP contribution in [0.3, 0.4) is 0 Å². The average Bonchev–Trinajstić information content (AvgIpc) is 3.40. The Kier molecular flexibility index (Phi) is 6.60. The van der Waals surface area contributed by atoms with E-state index in [9.17, 15) is 4.79 Å². The topological polar surface area (TPSA) is 89.7 Å². The van der Waals surface area contributed by atoms with E-state index >= 15 is 0 Å². The Labute approximate surface area is 187 Å². The van der Waals surface area contributed by atoms with E-state index in [0.717, 1.165) is 28.1 Å². The van der Waals surface area contributed by atoms with Crippen molar-refractivity contribution < 1.29 is 4.79 Å². The first-order valence-corrected chi connectivity index (χ1v) is 10.6. The number of aromatic nitrogens is 5. The number of benzene rings is 2. The van der Waals surface area contributed by atoms with E-state index in [1.807, 2.05) is 61.0 Å². The van der Waals surface area contributed by atoms with Crippen molar-refractivity contribution >= 4 is 6.03 Å². The van der Waals surface area contributed by atoms with Gasteiger partial charge in [0.05, 0.1) is 18.8 Å². The number of nitrogens with one attached hydrogen (secondary N) is 2. The summed E-state index contributed by atoms with van der Waals surface area (Å²) in [6, 6.07) is 18.1. The van der Waals surface area contributed by atoms with Gasteiger partial charge < -0.3 is 10.6 Å². The molecule has 0 aliphatic heterocycles. The molecular weight excluding hydrogens is 402 g/mol. The predicted octanol–water partition coefficient (Wildman–Crippen LogP) is 3.19. The summed E-state index contributed by atoms with van der Waals surface area (Å²) in [6.07, 6.45) is 3.21. The van der Waals surface area contributed by atoms with Gasteiger partial charge in [-0.2, -0.15) is 10.2 Å². The highest BCUT2D eigenvalue weighted by molar-refractivity contribution is 5.73. The number of carbonyl (C=O) groups excluding carboxylic acids is 1. The normalized spacial score (nSPS) is 10.8. The highest BCUT2D eigenvalue weighted by Crippen LogP contribution is 2.14. The van der Waals surface area contributed by atoms with E-state index in [-0.39, 0.29) is 6.03 Å². The molecule has 0 radical (unpaired) electrons. The number of urea groups is 1. The molecule has 0 aliphatic carbocycles. The molecule has 0 spiro atoms. The Morgan fingerprint density at radius 1 is 0.875 bits per heavy atom. The van der Waals surface area contributed by atoms with Gasteiger partial charge in [-0.1, -0.05) is 54.6 Å². The van der Waals surface area contributed by atoms with Crippen LogP contribution in [0.2, 0.25) is 0 Å². The molecule has 0 atom stereocenters. The number of amides is 2. The SMILES string of the molecule is Cc1nn(Cc2ccccc2)c(C)c1CNC(=O)NCc1ccc(Cn2cncn2)cc1. The van der Waals surface area contributed by atoms with Crippen LogP contribution in [0, 0.1) is 13.8 Å². The third-order valence-electron chi connectivity index (χ3n) is 5.42.